The number of thioether (sulfide) groups is 1. The third kappa shape index (κ3) is 10.3. The van der Waals surface area contributed by atoms with E-state index in [9.17, 15) is 33.9 Å². The predicted molar refractivity (Wildman–Crippen MR) is 199 cm³/mol. The molecular weight excluding hydrogens is 703 g/mol. The lowest BCUT2D eigenvalue weighted by Gasteiger charge is -2.30. The molecule has 284 valence electrons. The van der Waals surface area contributed by atoms with Gasteiger partial charge in [-0.05, 0) is 62.3 Å². The Bertz CT molecular complexity index is 1800. The molecule has 3 aromatic rings. The number of aliphatic hydroxyl groups is 1. The third-order valence-electron chi connectivity index (χ3n) is 9.34. The first-order valence-corrected chi connectivity index (χ1v) is 19.0. The summed E-state index contributed by atoms with van der Waals surface area (Å²) in [5.41, 5.74) is 2.48. The van der Waals surface area contributed by atoms with Crippen LogP contribution in [0, 0.1) is 0 Å². The van der Waals surface area contributed by atoms with Crippen LogP contribution in [0.5, 0.6) is 5.75 Å². The zero-order valence-corrected chi connectivity index (χ0v) is 30.8. The topological polar surface area (TPSA) is 211 Å². The number of para-hydroxylation sites is 1. The fourth-order valence-corrected chi connectivity index (χ4v) is 6.88. The molecular formula is C37H47N7O8S. The highest BCUT2D eigenvalue weighted by Gasteiger charge is 2.44. The minimum atomic E-state index is -1.47. The number of nitrogens with one attached hydrogen (secondary N) is 6. The van der Waals surface area contributed by atoms with Crippen LogP contribution >= 0.6 is 11.8 Å². The molecule has 4 heterocycles. The van der Waals surface area contributed by atoms with Crippen molar-refractivity contribution >= 4 is 58.1 Å². The zero-order chi connectivity index (χ0) is 38.1. The largest absolute Gasteiger partial charge is 0.484 e. The molecule has 0 unspecified atom stereocenters. The smallest absolute Gasteiger partial charge is 0.258 e. The number of ether oxygens (including phenoxy) is 1. The van der Waals surface area contributed by atoms with Crippen molar-refractivity contribution in [1.82, 2.24) is 36.5 Å². The van der Waals surface area contributed by atoms with E-state index >= 15 is 0 Å². The second kappa shape index (κ2) is 18.1. The summed E-state index contributed by atoms with van der Waals surface area (Å²) in [7, 11) is 0. The first-order valence-electron chi connectivity index (χ1n) is 17.6. The van der Waals surface area contributed by atoms with Gasteiger partial charge < -0.3 is 46.3 Å². The van der Waals surface area contributed by atoms with Crippen molar-refractivity contribution in [3.63, 3.8) is 0 Å². The van der Waals surface area contributed by atoms with Gasteiger partial charge in [-0.3, -0.25) is 28.8 Å². The van der Waals surface area contributed by atoms with Gasteiger partial charge in [-0.1, -0.05) is 30.3 Å². The number of aliphatic hydroxyl groups excluding tert-OH is 1. The Morgan fingerprint density at radius 1 is 1.02 bits per heavy atom. The van der Waals surface area contributed by atoms with Crippen molar-refractivity contribution in [2.45, 2.75) is 75.8 Å². The molecule has 1 fully saturated rings. The minimum Gasteiger partial charge on any atom is -0.484 e. The maximum Gasteiger partial charge on any atom is 0.258 e. The van der Waals surface area contributed by atoms with Gasteiger partial charge in [0.05, 0.1) is 6.10 Å². The second-order valence-corrected chi connectivity index (χ2v) is 14.3. The summed E-state index contributed by atoms with van der Waals surface area (Å²) in [5.74, 6) is -2.40. The standard InChI is InChI=1S/C37H47N7O8S/c1-21-34(48)38-14-12-23-8-10-26(11-9-23)52-20-32(47)42-29(16-24-18-39-28-7-5-4-6-27(24)28)37(51)44-19-25(41-31(46)13-15-53-3)17-30(44)35(49)43-33(22(2)45)36(50)40-21/h4-11,18,21-22,25,29-30,33,39,45H,12-17,19-20H2,1-3H3,(H,38,48)(H,40,50)(H,41,46)(H,42,47)(H,43,49)/t21-,22+,25-,29+,30-,33-/m0/s1. The molecule has 6 amide bonds. The Balaban J connectivity index is 1.48. The Kier molecular flexibility index (Phi) is 13.4. The molecule has 2 bridgehead atoms. The average Bonchev–Trinajstić information content (AvgIpc) is 3.75. The van der Waals surface area contributed by atoms with Crippen molar-refractivity contribution < 1.29 is 38.6 Å². The number of H-pyrrole nitrogens is 1. The van der Waals surface area contributed by atoms with Crippen LogP contribution in [0.4, 0.5) is 0 Å². The normalized spacial score (nSPS) is 24.1. The maximum atomic E-state index is 14.6. The van der Waals surface area contributed by atoms with Crippen LogP contribution in [-0.4, -0.2) is 118 Å². The molecule has 7 N–H and O–H groups in total. The molecule has 0 saturated carbocycles. The lowest BCUT2D eigenvalue weighted by molar-refractivity contribution is -0.143. The summed E-state index contributed by atoms with van der Waals surface area (Å²) in [6.45, 7) is 2.65. The van der Waals surface area contributed by atoms with E-state index in [4.69, 9.17) is 4.74 Å². The molecule has 0 radical (unpaired) electrons. The van der Waals surface area contributed by atoms with Crippen LogP contribution in [0.1, 0.15) is 37.8 Å². The molecule has 53 heavy (non-hydrogen) atoms. The lowest BCUT2D eigenvalue weighted by atomic mass is 10.0. The first-order chi connectivity index (χ1) is 25.4. The maximum absolute atomic E-state index is 14.6. The van der Waals surface area contributed by atoms with Gasteiger partial charge in [0.1, 0.15) is 29.9 Å². The summed E-state index contributed by atoms with van der Waals surface area (Å²) in [6, 6.07) is 9.13. The quantitative estimate of drug-likeness (QED) is 0.164. The molecule has 6 rings (SSSR count). The molecule has 16 heteroatoms. The molecule has 6 atom stereocenters. The minimum absolute atomic E-state index is 0.0163. The van der Waals surface area contributed by atoms with Gasteiger partial charge in [0.25, 0.3) is 5.91 Å². The summed E-state index contributed by atoms with van der Waals surface area (Å²) < 4.78 is 5.75. The molecule has 15 nitrogen and oxygen atoms in total. The summed E-state index contributed by atoms with van der Waals surface area (Å²) in [4.78, 5) is 85.4. The van der Waals surface area contributed by atoms with Crippen LogP contribution in [0.15, 0.2) is 54.7 Å². The lowest BCUT2D eigenvalue weighted by Crippen LogP contribution is -2.60. The fourth-order valence-electron chi connectivity index (χ4n) is 6.49. The Labute approximate surface area is 311 Å². The van der Waals surface area contributed by atoms with Gasteiger partial charge in [-0.15, -0.1) is 0 Å². The summed E-state index contributed by atoms with van der Waals surface area (Å²) in [5, 5.41) is 25.1. The van der Waals surface area contributed by atoms with Gasteiger partial charge in [0.15, 0.2) is 6.61 Å². The monoisotopic (exact) mass is 749 g/mol. The van der Waals surface area contributed by atoms with E-state index in [2.05, 4.69) is 31.6 Å². The highest BCUT2D eigenvalue weighted by atomic mass is 32.2. The van der Waals surface area contributed by atoms with Gasteiger partial charge >= 0.3 is 0 Å². The van der Waals surface area contributed by atoms with E-state index in [0.29, 0.717) is 17.9 Å². The number of benzene rings is 2. The molecule has 3 aliphatic heterocycles. The molecule has 3 aliphatic rings. The van der Waals surface area contributed by atoms with Crippen LogP contribution in [0.3, 0.4) is 0 Å². The Hall–Kier alpha value is -5.09. The van der Waals surface area contributed by atoms with Gasteiger partial charge in [0, 0.05) is 54.8 Å². The van der Waals surface area contributed by atoms with Gasteiger partial charge in [-0.2, -0.15) is 11.8 Å². The number of aromatic amines is 1. The zero-order valence-electron chi connectivity index (χ0n) is 30.0. The van der Waals surface area contributed by atoms with E-state index in [1.807, 2.05) is 30.5 Å². The number of aromatic nitrogens is 1. The van der Waals surface area contributed by atoms with Crippen molar-refractivity contribution in [1.29, 1.82) is 0 Å². The Morgan fingerprint density at radius 2 is 1.77 bits per heavy atom. The number of carbonyl (C=O) groups is 6. The summed E-state index contributed by atoms with van der Waals surface area (Å²) in [6.07, 6.45) is 3.07. The van der Waals surface area contributed by atoms with Crippen LogP contribution < -0.4 is 31.3 Å². The average molecular weight is 750 g/mol. The van der Waals surface area contributed by atoms with Crippen LogP contribution in [0.2, 0.25) is 0 Å². The highest BCUT2D eigenvalue weighted by Crippen LogP contribution is 2.24. The van der Waals surface area contributed by atoms with E-state index in [1.165, 1.54) is 30.5 Å². The summed E-state index contributed by atoms with van der Waals surface area (Å²) >= 11 is 1.51. The predicted octanol–water partition coefficient (Wildman–Crippen LogP) is 0.156. The van der Waals surface area contributed by atoms with Gasteiger partial charge in [0.2, 0.25) is 29.5 Å². The van der Waals surface area contributed by atoms with Crippen molar-refractivity contribution in [2.75, 3.05) is 31.7 Å². The number of amides is 6. The number of hydrogen-bond donors (Lipinski definition) is 7. The number of nitrogens with zero attached hydrogens (tertiary/aromatic N) is 1. The van der Waals surface area contributed by atoms with Crippen molar-refractivity contribution in [2.24, 2.45) is 0 Å². The SMILES string of the molecule is CSCCC(=O)N[C@H]1C[C@H]2C(=O)N[C@@H]([C@@H](C)O)C(=O)N[C@@H](C)C(=O)NCCc3ccc(cc3)OCC(=O)N[C@H](Cc3c[nH]c4ccccc34)C(=O)N2C1. The van der Waals surface area contributed by atoms with E-state index < -0.39 is 72.5 Å². The van der Waals surface area contributed by atoms with Crippen LogP contribution in [-0.2, 0) is 41.6 Å². The second-order valence-electron chi connectivity index (χ2n) is 13.4. The molecule has 2 aromatic carbocycles. The third-order valence-corrected chi connectivity index (χ3v) is 9.95. The Morgan fingerprint density at radius 3 is 2.51 bits per heavy atom. The van der Waals surface area contributed by atoms with Crippen molar-refractivity contribution in [3.8, 4) is 5.75 Å². The number of hydrogen-bond acceptors (Lipinski definition) is 9. The fraction of sp³-hybridized carbons (Fsp3) is 0.459. The highest BCUT2D eigenvalue weighted by molar-refractivity contribution is 7.98. The van der Waals surface area contributed by atoms with E-state index in [0.717, 1.165) is 22.0 Å². The molecule has 1 aromatic heterocycles. The number of fused-ring (bicyclic) bond motifs is 17. The number of carbonyl (C=O) groups excluding carboxylic acids is 6. The molecule has 0 aliphatic carbocycles. The first kappa shape index (κ1) is 39.1. The molecule has 0 spiro atoms. The van der Waals surface area contributed by atoms with Crippen LogP contribution in [0.25, 0.3) is 10.9 Å². The number of rotatable bonds is 7. The van der Waals surface area contributed by atoms with E-state index in [1.54, 1.807) is 30.5 Å². The molecule has 1 saturated heterocycles. The van der Waals surface area contributed by atoms with Crippen molar-refractivity contribution in [3.05, 3.63) is 65.9 Å². The van der Waals surface area contributed by atoms with Gasteiger partial charge in [-0.25, -0.2) is 0 Å². The van der Waals surface area contributed by atoms with E-state index in [-0.39, 0.29) is 38.3 Å².